The van der Waals surface area contributed by atoms with Crippen molar-refractivity contribution in [3.05, 3.63) is 46.1 Å². The lowest BCUT2D eigenvalue weighted by atomic mass is 10.00. The van der Waals surface area contributed by atoms with E-state index < -0.39 is 0 Å². The molecule has 1 aromatic carbocycles. The van der Waals surface area contributed by atoms with Crippen molar-refractivity contribution in [2.45, 2.75) is 47.2 Å². The summed E-state index contributed by atoms with van der Waals surface area (Å²) >= 11 is 0. The number of carbonyl (C=O) groups is 1. The number of nitrogens with one attached hydrogen (secondary N) is 2. The SMILES string of the molecule is Cc1cc(C)c(CNC(=O)NC(C)c2nc(C)no2)c(C)c1. The summed E-state index contributed by atoms with van der Waals surface area (Å²) in [5.41, 5.74) is 4.72. The van der Waals surface area contributed by atoms with E-state index in [9.17, 15) is 4.79 Å². The second kappa shape index (κ2) is 6.60. The van der Waals surface area contributed by atoms with Crippen LogP contribution in [-0.2, 0) is 6.54 Å². The molecule has 0 spiro atoms. The minimum Gasteiger partial charge on any atom is -0.337 e. The van der Waals surface area contributed by atoms with Crippen molar-refractivity contribution in [1.29, 1.82) is 0 Å². The fourth-order valence-corrected chi connectivity index (χ4v) is 2.46. The first-order chi connectivity index (χ1) is 10.4. The standard InChI is InChI=1S/C16H22N4O2/c1-9-6-10(2)14(11(3)7-9)8-17-16(21)18-12(4)15-19-13(5)20-22-15/h6-7,12H,8H2,1-5H3,(H2,17,18,21). The zero-order chi connectivity index (χ0) is 16.3. The van der Waals surface area contributed by atoms with Crippen LogP contribution < -0.4 is 10.6 Å². The predicted octanol–water partition coefficient (Wildman–Crippen LogP) is 2.86. The topological polar surface area (TPSA) is 80.0 Å². The minimum atomic E-state index is -0.332. The number of amides is 2. The van der Waals surface area contributed by atoms with Gasteiger partial charge in [0.2, 0.25) is 5.89 Å². The average molecular weight is 302 g/mol. The van der Waals surface area contributed by atoms with Crippen molar-refractivity contribution in [2.24, 2.45) is 0 Å². The molecule has 6 nitrogen and oxygen atoms in total. The molecule has 2 aromatic rings. The van der Waals surface area contributed by atoms with Crippen molar-refractivity contribution >= 4 is 6.03 Å². The molecule has 118 valence electrons. The Balaban J connectivity index is 1.93. The second-order valence-electron chi connectivity index (χ2n) is 5.61. The van der Waals surface area contributed by atoms with Crippen LogP contribution in [0.5, 0.6) is 0 Å². The maximum absolute atomic E-state index is 12.0. The van der Waals surface area contributed by atoms with Gasteiger partial charge in [-0.05, 0) is 51.3 Å². The van der Waals surface area contributed by atoms with Crippen LogP contribution in [0.15, 0.2) is 16.7 Å². The summed E-state index contributed by atoms with van der Waals surface area (Å²) in [7, 11) is 0. The van der Waals surface area contributed by atoms with Gasteiger partial charge in [0.05, 0.1) is 0 Å². The molecule has 2 amide bonds. The molecule has 1 aromatic heterocycles. The van der Waals surface area contributed by atoms with Crippen LogP contribution in [0.25, 0.3) is 0 Å². The maximum atomic E-state index is 12.0. The fraction of sp³-hybridized carbons (Fsp3) is 0.438. The molecular weight excluding hydrogens is 280 g/mol. The van der Waals surface area contributed by atoms with Gasteiger partial charge in [-0.2, -0.15) is 4.98 Å². The molecule has 0 saturated carbocycles. The van der Waals surface area contributed by atoms with Crippen LogP contribution >= 0.6 is 0 Å². The molecular formula is C16H22N4O2. The van der Waals surface area contributed by atoms with Crippen molar-refractivity contribution < 1.29 is 9.32 Å². The van der Waals surface area contributed by atoms with E-state index in [0.29, 0.717) is 18.3 Å². The Morgan fingerprint density at radius 1 is 1.23 bits per heavy atom. The van der Waals surface area contributed by atoms with Crippen LogP contribution in [0.4, 0.5) is 4.79 Å². The molecule has 0 saturated heterocycles. The molecule has 1 atom stereocenters. The van der Waals surface area contributed by atoms with E-state index in [-0.39, 0.29) is 12.1 Å². The third-order valence-corrected chi connectivity index (χ3v) is 3.53. The molecule has 0 radical (unpaired) electrons. The summed E-state index contributed by atoms with van der Waals surface area (Å²) in [6, 6.07) is 3.64. The van der Waals surface area contributed by atoms with Gasteiger partial charge in [0.25, 0.3) is 0 Å². The lowest BCUT2D eigenvalue weighted by Gasteiger charge is -2.14. The Labute approximate surface area is 130 Å². The summed E-state index contributed by atoms with van der Waals surface area (Å²) < 4.78 is 5.04. The lowest BCUT2D eigenvalue weighted by molar-refractivity contribution is 0.233. The molecule has 22 heavy (non-hydrogen) atoms. The highest BCUT2D eigenvalue weighted by Gasteiger charge is 2.15. The van der Waals surface area contributed by atoms with E-state index in [1.165, 1.54) is 16.7 Å². The third-order valence-electron chi connectivity index (χ3n) is 3.53. The Kier molecular flexibility index (Phi) is 4.80. The molecule has 0 fully saturated rings. The molecule has 2 N–H and O–H groups in total. The first kappa shape index (κ1) is 16.0. The number of aromatic nitrogens is 2. The van der Waals surface area contributed by atoms with E-state index in [1.54, 1.807) is 13.8 Å². The summed E-state index contributed by atoms with van der Waals surface area (Å²) in [5, 5.41) is 9.36. The number of hydrogen-bond acceptors (Lipinski definition) is 4. The minimum absolute atomic E-state index is 0.261. The van der Waals surface area contributed by atoms with Gasteiger partial charge in [-0.15, -0.1) is 0 Å². The molecule has 1 unspecified atom stereocenters. The van der Waals surface area contributed by atoms with Crippen LogP contribution in [0.1, 0.15) is 46.9 Å². The summed E-state index contributed by atoms with van der Waals surface area (Å²) in [4.78, 5) is 16.1. The average Bonchev–Trinajstić information content (AvgIpc) is 2.84. The highest BCUT2D eigenvalue weighted by Crippen LogP contribution is 2.16. The molecule has 0 aliphatic heterocycles. The zero-order valence-electron chi connectivity index (χ0n) is 13.7. The Morgan fingerprint density at radius 3 is 2.41 bits per heavy atom. The van der Waals surface area contributed by atoms with Gasteiger partial charge in [0.15, 0.2) is 5.82 Å². The number of nitrogens with zero attached hydrogens (tertiary/aromatic N) is 2. The molecule has 2 rings (SSSR count). The summed E-state index contributed by atoms with van der Waals surface area (Å²) in [6.45, 7) is 10.2. The monoisotopic (exact) mass is 302 g/mol. The molecule has 0 aliphatic carbocycles. The normalized spacial score (nSPS) is 12.0. The Bertz CT molecular complexity index is 656. The van der Waals surface area contributed by atoms with Gasteiger partial charge in [-0.3, -0.25) is 0 Å². The third kappa shape index (κ3) is 3.84. The Hall–Kier alpha value is -2.37. The first-order valence-electron chi connectivity index (χ1n) is 7.28. The number of hydrogen-bond donors (Lipinski definition) is 2. The van der Waals surface area contributed by atoms with Gasteiger partial charge < -0.3 is 15.2 Å². The van der Waals surface area contributed by atoms with Crippen LogP contribution in [0, 0.1) is 27.7 Å². The molecule has 6 heteroatoms. The number of benzene rings is 1. The van der Waals surface area contributed by atoms with E-state index >= 15 is 0 Å². The number of aryl methyl sites for hydroxylation is 4. The number of carbonyl (C=O) groups excluding carboxylic acids is 1. The van der Waals surface area contributed by atoms with Crippen molar-refractivity contribution in [3.63, 3.8) is 0 Å². The number of rotatable bonds is 4. The van der Waals surface area contributed by atoms with Crippen LogP contribution in [0.2, 0.25) is 0 Å². The van der Waals surface area contributed by atoms with Crippen molar-refractivity contribution in [2.75, 3.05) is 0 Å². The summed E-state index contributed by atoms with van der Waals surface area (Å²) in [6.07, 6.45) is 0. The van der Waals surface area contributed by atoms with Crippen LogP contribution in [0.3, 0.4) is 0 Å². The highest BCUT2D eigenvalue weighted by atomic mass is 16.5. The van der Waals surface area contributed by atoms with E-state index in [4.69, 9.17) is 4.52 Å². The fourth-order valence-electron chi connectivity index (χ4n) is 2.46. The maximum Gasteiger partial charge on any atom is 0.315 e. The van der Waals surface area contributed by atoms with E-state index in [2.05, 4.69) is 53.7 Å². The van der Waals surface area contributed by atoms with Gasteiger partial charge in [-0.25, -0.2) is 4.79 Å². The molecule has 0 bridgehead atoms. The quantitative estimate of drug-likeness (QED) is 0.910. The second-order valence-corrected chi connectivity index (χ2v) is 5.61. The van der Waals surface area contributed by atoms with Gasteiger partial charge >= 0.3 is 6.03 Å². The number of urea groups is 1. The molecule has 1 heterocycles. The van der Waals surface area contributed by atoms with Gasteiger partial charge in [0, 0.05) is 6.54 Å². The first-order valence-corrected chi connectivity index (χ1v) is 7.28. The zero-order valence-corrected chi connectivity index (χ0v) is 13.7. The predicted molar refractivity (Wildman–Crippen MR) is 83.5 cm³/mol. The van der Waals surface area contributed by atoms with Crippen molar-refractivity contribution in [3.8, 4) is 0 Å². The largest absolute Gasteiger partial charge is 0.337 e. The smallest absolute Gasteiger partial charge is 0.315 e. The highest BCUT2D eigenvalue weighted by molar-refractivity contribution is 5.74. The summed E-state index contributed by atoms with van der Waals surface area (Å²) in [5.74, 6) is 0.949. The van der Waals surface area contributed by atoms with Crippen molar-refractivity contribution in [1.82, 2.24) is 20.8 Å². The van der Waals surface area contributed by atoms with E-state index in [0.717, 1.165) is 5.56 Å². The molecule has 0 aliphatic rings. The van der Waals surface area contributed by atoms with Gasteiger partial charge in [-0.1, -0.05) is 22.9 Å². The van der Waals surface area contributed by atoms with Crippen LogP contribution in [-0.4, -0.2) is 16.2 Å². The van der Waals surface area contributed by atoms with Gasteiger partial charge in [0.1, 0.15) is 6.04 Å². The van der Waals surface area contributed by atoms with E-state index in [1.807, 2.05) is 0 Å². The lowest BCUT2D eigenvalue weighted by Crippen LogP contribution is -2.37. The Morgan fingerprint density at radius 2 is 1.86 bits per heavy atom.